The van der Waals surface area contributed by atoms with Crippen LogP contribution in [-0.2, 0) is 9.59 Å². The molecule has 0 aliphatic heterocycles. The molecular weight excluding hydrogens is 298 g/mol. The number of carboxylic acid groups (broad SMARTS) is 2. The van der Waals surface area contributed by atoms with Crippen molar-refractivity contribution in [2.75, 3.05) is 13.6 Å². The van der Waals surface area contributed by atoms with E-state index in [0.29, 0.717) is 6.54 Å². The average Bonchev–Trinajstić information content (AvgIpc) is 2.46. The van der Waals surface area contributed by atoms with Gasteiger partial charge >= 0.3 is 11.9 Å². The van der Waals surface area contributed by atoms with Crippen molar-refractivity contribution in [3.8, 4) is 5.75 Å². The van der Waals surface area contributed by atoms with Crippen LogP contribution in [0.5, 0.6) is 5.75 Å². The van der Waals surface area contributed by atoms with E-state index in [4.69, 9.17) is 25.5 Å². The molecule has 0 saturated heterocycles. The summed E-state index contributed by atoms with van der Waals surface area (Å²) in [6, 6.07) is 6.63. The highest BCUT2D eigenvalue weighted by Crippen LogP contribution is 2.17. The minimum absolute atomic E-state index is 0.183. The summed E-state index contributed by atoms with van der Waals surface area (Å²) in [7, 11) is 1.77. The quantitative estimate of drug-likeness (QED) is 0.331. The Morgan fingerprint density at radius 1 is 1.09 bits per heavy atom. The van der Waals surface area contributed by atoms with E-state index in [2.05, 4.69) is 5.32 Å². The second-order valence-electron chi connectivity index (χ2n) is 4.23. The molecule has 2 unspecified atom stereocenters. The van der Waals surface area contributed by atoms with Crippen molar-refractivity contribution < 1.29 is 40.2 Å². The Morgan fingerprint density at radius 2 is 1.59 bits per heavy atom. The molecule has 0 spiro atoms. The smallest absolute Gasteiger partial charge is 0.335 e. The van der Waals surface area contributed by atoms with Crippen LogP contribution in [0.3, 0.4) is 0 Å². The van der Waals surface area contributed by atoms with Gasteiger partial charge in [-0.3, -0.25) is 0 Å². The highest BCUT2D eigenvalue weighted by Gasteiger charge is 2.29. The maximum atomic E-state index is 9.77. The van der Waals surface area contributed by atoms with Gasteiger partial charge in [-0.15, -0.1) is 0 Å². The molecule has 0 aliphatic rings. The van der Waals surface area contributed by atoms with Crippen molar-refractivity contribution in [3.63, 3.8) is 0 Å². The average molecular weight is 317 g/mol. The van der Waals surface area contributed by atoms with E-state index < -0.39 is 30.3 Å². The maximum Gasteiger partial charge on any atom is 0.335 e. The van der Waals surface area contributed by atoms with E-state index in [1.54, 1.807) is 31.3 Å². The predicted molar refractivity (Wildman–Crippen MR) is 74.3 cm³/mol. The monoisotopic (exact) mass is 317 g/mol. The van der Waals surface area contributed by atoms with Crippen LogP contribution in [0, 0.1) is 0 Å². The summed E-state index contributed by atoms with van der Waals surface area (Å²) in [6.07, 6.45) is -5.09. The Labute approximate surface area is 126 Å². The van der Waals surface area contributed by atoms with Crippen LogP contribution < -0.4 is 5.32 Å². The van der Waals surface area contributed by atoms with Crippen LogP contribution >= 0.6 is 0 Å². The van der Waals surface area contributed by atoms with Crippen LogP contribution in [0.25, 0.3) is 0 Å². The summed E-state index contributed by atoms with van der Waals surface area (Å²) in [5, 5.41) is 53.9. The van der Waals surface area contributed by atoms with Gasteiger partial charge in [0.1, 0.15) is 5.75 Å². The normalized spacial score (nSPS) is 14.2. The number of aliphatic carboxylic acids is 2. The molecule has 124 valence electrons. The molecule has 7 N–H and O–H groups in total. The SMILES string of the molecule is CNC[C@@H](O)c1cccc(O)c1.O=C(O)C(O)C(O)C(=O)O. The number of hydrogen-bond acceptors (Lipinski definition) is 7. The number of carboxylic acids is 2. The lowest BCUT2D eigenvalue weighted by Gasteiger charge is -2.09. The first kappa shape index (κ1) is 19.8. The number of aliphatic hydroxyl groups excluding tert-OH is 3. The summed E-state index contributed by atoms with van der Waals surface area (Å²) < 4.78 is 0. The Balaban J connectivity index is 0.000000409. The molecule has 0 amide bonds. The molecule has 9 heteroatoms. The van der Waals surface area contributed by atoms with Gasteiger partial charge in [0.05, 0.1) is 6.10 Å². The lowest BCUT2D eigenvalue weighted by molar-refractivity contribution is -0.165. The summed E-state index contributed by atoms with van der Waals surface area (Å²) in [5.74, 6) is -3.35. The van der Waals surface area contributed by atoms with Gasteiger partial charge in [-0.1, -0.05) is 12.1 Å². The number of aliphatic hydroxyl groups is 3. The minimum Gasteiger partial charge on any atom is -0.508 e. The number of carbonyl (C=O) groups is 2. The minimum atomic E-state index is -2.27. The van der Waals surface area contributed by atoms with Crippen LogP contribution in [0.15, 0.2) is 24.3 Å². The van der Waals surface area contributed by atoms with Crippen molar-refractivity contribution in [3.05, 3.63) is 29.8 Å². The molecule has 0 heterocycles. The van der Waals surface area contributed by atoms with Crippen LogP contribution in [0.4, 0.5) is 0 Å². The van der Waals surface area contributed by atoms with Crippen LogP contribution in [0.2, 0.25) is 0 Å². The maximum absolute atomic E-state index is 9.77. The number of rotatable bonds is 6. The van der Waals surface area contributed by atoms with Gasteiger partial charge in [-0.25, -0.2) is 9.59 Å². The van der Waals surface area contributed by atoms with Gasteiger partial charge < -0.3 is 36.0 Å². The number of hydrogen-bond donors (Lipinski definition) is 7. The fraction of sp³-hybridized carbons (Fsp3) is 0.385. The van der Waals surface area contributed by atoms with Gasteiger partial charge in [0.25, 0.3) is 0 Å². The fourth-order valence-corrected chi connectivity index (χ4v) is 1.31. The second kappa shape index (κ2) is 9.68. The van der Waals surface area contributed by atoms with Crippen LogP contribution in [-0.4, -0.2) is 68.4 Å². The zero-order chi connectivity index (χ0) is 17.3. The summed E-state index contributed by atoms with van der Waals surface area (Å²) in [5.41, 5.74) is 0.726. The standard InChI is InChI=1S/C9H13NO2.C4H6O6/c1-10-6-9(12)7-3-2-4-8(11)5-7;5-1(3(7)8)2(6)4(9)10/h2-5,9-12H,6H2,1H3;1-2,5-6H,(H,7,8)(H,9,10)/t9-;/m1./s1. The molecular formula is C13H19NO8. The van der Waals surface area contributed by atoms with Crippen molar-refractivity contribution in [2.45, 2.75) is 18.3 Å². The van der Waals surface area contributed by atoms with Crippen molar-refractivity contribution >= 4 is 11.9 Å². The van der Waals surface area contributed by atoms with Gasteiger partial charge in [-0.2, -0.15) is 0 Å². The number of phenolic OH excluding ortho intramolecular Hbond substituents is 1. The largest absolute Gasteiger partial charge is 0.508 e. The molecule has 1 rings (SSSR count). The number of likely N-dealkylation sites (N-methyl/N-ethyl adjacent to an activating group) is 1. The molecule has 0 fully saturated rings. The van der Waals surface area contributed by atoms with E-state index in [0.717, 1.165) is 5.56 Å². The third-order valence-corrected chi connectivity index (χ3v) is 2.46. The van der Waals surface area contributed by atoms with Crippen LogP contribution in [0.1, 0.15) is 11.7 Å². The molecule has 0 bridgehead atoms. The summed E-state index contributed by atoms with van der Waals surface area (Å²) in [4.78, 5) is 19.5. The van der Waals surface area contributed by atoms with E-state index in [1.807, 2.05) is 0 Å². The van der Waals surface area contributed by atoms with E-state index in [-0.39, 0.29) is 5.75 Å². The lowest BCUT2D eigenvalue weighted by Crippen LogP contribution is -2.39. The Bertz CT molecular complexity index is 475. The summed E-state index contributed by atoms with van der Waals surface area (Å²) in [6.45, 7) is 0.490. The molecule has 22 heavy (non-hydrogen) atoms. The first-order chi connectivity index (χ1) is 10.2. The highest BCUT2D eigenvalue weighted by atomic mass is 16.4. The highest BCUT2D eigenvalue weighted by molar-refractivity contribution is 5.83. The number of nitrogens with one attached hydrogen (secondary N) is 1. The molecule has 0 radical (unpaired) electrons. The third-order valence-electron chi connectivity index (χ3n) is 2.46. The molecule has 0 aliphatic carbocycles. The molecule has 0 saturated carbocycles. The first-order valence-corrected chi connectivity index (χ1v) is 6.14. The number of phenols is 1. The number of aromatic hydroxyl groups is 1. The Morgan fingerprint density at radius 3 is 1.95 bits per heavy atom. The van der Waals surface area contributed by atoms with Gasteiger partial charge in [0.2, 0.25) is 0 Å². The molecule has 1 aromatic rings. The van der Waals surface area contributed by atoms with Crippen molar-refractivity contribution in [2.24, 2.45) is 0 Å². The zero-order valence-electron chi connectivity index (χ0n) is 11.7. The Hall–Kier alpha value is -2.20. The van der Waals surface area contributed by atoms with Crippen molar-refractivity contribution in [1.29, 1.82) is 0 Å². The second-order valence-corrected chi connectivity index (χ2v) is 4.23. The van der Waals surface area contributed by atoms with Gasteiger partial charge in [-0.05, 0) is 24.7 Å². The summed E-state index contributed by atoms with van der Waals surface area (Å²) >= 11 is 0. The van der Waals surface area contributed by atoms with E-state index >= 15 is 0 Å². The molecule has 9 nitrogen and oxygen atoms in total. The number of benzene rings is 1. The third kappa shape index (κ3) is 6.99. The molecule has 0 aromatic heterocycles. The van der Waals surface area contributed by atoms with Crippen molar-refractivity contribution in [1.82, 2.24) is 5.32 Å². The van der Waals surface area contributed by atoms with Gasteiger partial charge in [0.15, 0.2) is 12.2 Å². The van der Waals surface area contributed by atoms with Gasteiger partial charge in [0, 0.05) is 6.54 Å². The first-order valence-electron chi connectivity index (χ1n) is 6.14. The fourth-order valence-electron chi connectivity index (χ4n) is 1.31. The predicted octanol–water partition coefficient (Wildman–Crippen LogP) is -1.48. The Kier molecular flexibility index (Phi) is 8.72. The topological polar surface area (TPSA) is 168 Å². The van der Waals surface area contributed by atoms with E-state index in [1.165, 1.54) is 0 Å². The molecule has 3 atom stereocenters. The zero-order valence-corrected chi connectivity index (χ0v) is 11.7. The molecule has 1 aromatic carbocycles. The van der Waals surface area contributed by atoms with E-state index in [9.17, 15) is 14.7 Å². The lowest BCUT2D eigenvalue weighted by atomic mass is 10.1.